The molecule has 0 fully saturated rings. The van der Waals surface area contributed by atoms with E-state index >= 15 is 0 Å². The third kappa shape index (κ3) is 3.43. The van der Waals surface area contributed by atoms with Crippen molar-refractivity contribution in [3.05, 3.63) is 75.7 Å². The van der Waals surface area contributed by atoms with Crippen LogP contribution in [0.2, 0.25) is 0 Å². The summed E-state index contributed by atoms with van der Waals surface area (Å²) in [5.74, 6) is 0. The summed E-state index contributed by atoms with van der Waals surface area (Å²) >= 11 is 0. The number of hydrogen-bond acceptors (Lipinski definition) is 4. The molecule has 28 heavy (non-hydrogen) atoms. The summed E-state index contributed by atoms with van der Waals surface area (Å²) in [4.78, 5) is 17.1. The van der Waals surface area contributed by atoms with Crippen LogP contribution in [0.4, 0.5) is 13.2 Å². The topological polar surface area (TPSA) is 71.8 Å². The Labute approximate surface area is 158 Å². The molecule has 144 valence electrons. The van der Waals surface area contributed by atoms with Gasteiger partial charge in [-0.15, -0.1) is 0 Å². The molecule has 2 heterocycles. The van der Waals surface area contributed by atoms with Crippen molar-refractivity contribution in [1.82, 2.24) is 9.55 Å². The van der Waals surface area contributed by atoms with Crippen LogP contribution in [0.25, 0.3) is 11.3 Å². The van der Waals surface area contributed by atoms with E-state index in [1.165, 1.54) is 23.3 Å². The summed E-state index contributed by atoms with van der Waals surface area (Å²) in [5, 5.41) is 9.28. The number of rotatable bonds is 4. The first kappa shape index (κ1) is 19.4. The van der Waals surface area contributed by atoms with E-state index in [-0.39, 0.29) is 5.69 Å². The van der Waals surface area contributed by atoms with Crippen molar-refractivity contribution in [2.24, 2.45) is 0 Å². The Bertz CT molecular complexity index is 1090. The lowest BCUT2D eigenvalue weighted by Crippen LogP contribution is -2.31. The number of benzene rings is 1. The Morgan fingerprint density at radius 2 is 2.07 bits per heavy atom. The molecule has 0 saturated heterocycles. The molecule has 0 bridgehead atoms. The second-order valence-corrected chi connectivity index (χ2v) is 6.31. The fraction of sp³-hybridized carbons (Fsp3) is 0.250. The van der Waals surface area contributed by atoms with Gasteiger partial charge < -0.3 is 4.42 Å². The van der Waals surface area contributed by atoms with Crippen LogP contribution in [0.15, 0.2) is 52.2 Å². The van der Waals surface area contributed by atoms with E-state index in [1.54, 1.807) is 38.1 Å². The summed E-state index contributed by atoms with van der Waals surface area (Å²) in [6.07, 6.45) is -1.95. The van der Waals surface area contributed by atoms with Crippen molar-refractivity contribution in [3.8, 4) is 17.3 Å². The number of pyridine rings is 1. The molecule has 3 rings (SSSR count). The Hall–Kier alpha value is -3.34. The average Bonchev–Trinajstić information content (AvgIpc) is 3.16. The number of nitrogens with zero attached hydrogens (tertiary/aromatic N) is 3. The van der Waals surface area contributed by atoms with Gasteiger partial charge in [-0.3, -0.25) is 9.36 Å². The number of aromatic nitrogens is 2. The van der Waals surface area contributed by atoms with Gasteiger partial charge in [-0.2, -0.15) is 18.4 Å². The normalized spacial score (nSPS) is 12.6. The summed E-state index contributed by atoms with van der Waals surface area (Å²) in [6, 6.07) is 8.41. The zero-order valence-electron chi connectivity index (χ0n) is 15.1. The first-order valence-electron chi connectivity index (χ1n) is 8.49. The molecule has 1 atom stereocenters. The fourth-order valence-corrected chi connectivity index (χ4v) is 3.20. The van der Waals surface area contributed by atoms with Crippen LogP contribution in [0, 0.1) is 18.3 Å². The number of alkyl halides is 3. The van der Waals surface area contributed by atoms with E-state index < -0.39 is 28.9 Å². The Balaban J connectivity index is 2.43. The summed E-state index contributed by atoms with van der Waals surface area (Å²) in [5.41, 5.74) is -1.48. The van der Waals surface area contributed by atoms with E-state index in [1.807, 2.05) is 0 Å². The number of halogens is 3. The maximum atomic E-state index is 13.6. The molecule has 0 amide bonds. The van der Waals surface area contributed by atoms with Crippen molar-refractivity contribution in [2.45, 2.75) is 32.5 Å². The van der Waals surface area contributed by atoms with Crippen LogP contribution < -0.4 is 5.56 Å². The molecule has 0 saturated carbocycles. The Kier molecular flexibility index (Phi) is 5.10. The molecular weight excluding hydrogens is 371 g/mol. The molecule has 0 aliphatic rings. The summed E-state index contributed by atoms with van der Waals surface area (Å²) in [7, 11) is 0. The number of hydrogen-bond donors (Lipinski definition) is 0. The maximum Gasteiger partial charge on any atom is 0.417 e. The molecule has 8 heteroatoms. The van der Waals surface area contributed by atoms with Gasteiger partial charge in [0.1, 0.15) is 23.6 Å². The quantitative estimate of drug-likeness (QED) is 0.650. The molecule has 0 radical (unpaired) electrons. The molecule has 0 aliphatic carbocycles. The Morgan fingerprint density at radius 1 is 1.32 bits per heavy atom. The number of oxazole rings is 1. The predicted octanol–water partition coefficient (Wildman–Crippen LogP) is 4.70. The lowest BCUT2D eigenvalue weighted by atomic mass is 10.0. The first-order valence-corrected chi connectivity index (χ1v) is 8.49. The van der Waals surface area contributed by atoms with Gasteiger partial charge in [-0.25, -0.2) is 4.98 Å². The van der Waals surface area contributed by atoms with Gasteiger partial charge in [0.05, 0.1) is 17.3 Å². The van der Waals surface area contributed by atoms with Gasteiger partial charge >= 0.3 is 6.18 Å². The van der Waals surface area contributed by atoms with Gasteiger partial charge in [0, 0.05) is 0 Å². The molecule has 0 N–H and O–H groups in total. The van der Waals surface area contributed by atoms with Crippen LogP contribution >= 0.6 is 0 Å². The van der Waals surface area contributed by atoms with Gasteiger partial charge in [0.15, 0.2) is 6.39 Å². The van der Waals surface area contributed by atoms with Crippen LogP contribution in [0.3, 0.4) is 0 Å². The second kappa shape index (κ2) is 7.35. The second-order valence-electron chi connectivity index (χ2n) is 6.31. The molecular formula is C20H16F3N3O2. The molecule has 1 unspecified atom stereocenters. The standard InChI is InChI=1S/C20H16F3N3O2/c1-3-17(16-10-28-11-25-16)26-18(13-6-4-5-12(2)7-13)8-15(20(21,22)23)14(9-24)19(26)27/h4-8,10-11,17H,3H2,1-2H3. The van der Waals surface area contributed by atoms with E-state index in [4.69, 9.17) is 4.42 Å². The highest BCUT2D eigenvalue weighted by Gasteiger charge is 2.37. The predicted molar refractivity (Wildman–Crippen MR) is 95.5 cm³/mol. The zero-order chi connectivity index (χ0) is 20.5. The smallest absolute Gasteiger partial charge is 0.417 e. The van der Waals surface area contributed by atoms with Gasteiger partial charge in [-0.05, 0) is 31.0 Å². The molecule has 2 aromatic heterocycles. The van der Waals surface area contributed by atoms with E-state index in [0.29, 0.717) is 17.7 Å². The van der Waals surface area contributed by atoms with Crippen LogP contribution in [0.5, 0.6) is 0 Å². The van der Waals surface area contributed by atoms with Gasteiger partial charge in [0.2, 0.25) is 0 Å². The SMILES string of the molecule is CCC(c1cocn1)n1c(-c2cccc(C)c2)cc(C(F)(F)F)c(C#N)c1=O. The molecule has 5 nitrogen and oxygen atoms in total. The molecule has 3 aromatic rings. The minimum atomic E-state index is -4.84. The van der Waals surface area contributed by atoms with Crippen LogP contribution in [-0.4, -0.2) is 9.55 Å². The summed E-state index contributed by atoms with van der Waals surface area (Å²) < 4.78 is 46.8. The van der Waals surface area contributed by atoms with Crippen molar-refractivity contribution < 1.29 is 17.6 Å². The van der Waals surface area contributed by atoms with Crippen LogP contribution in [0.1, 0.15) is 41.8 Å². The highest BCUT2D eigenvalue weighted by atomic mass is 19.4. The number of aryl methyl sites for hydroxylation is 1. The minimum Gasteiger partial charge on any atom is -0.451 e. The van der Waals surface area contributed by atoms with Gasteiger partial charge in [0.25, 0.3) is 5.56 Å². The van der Waals surface area contributed by atoms with Crippen molar-refractivity contribution in [3.63, 3.8) is 0 Å². The minimum absolute atomic E-state index is 0.0647. The van der Waals surface area contributed by atoms with Crippen molar-refractivity contribution in [2.75, 3.05) is 0 Å². The number of nitriles is 1. The molecule has 0 spiro atoms. The molecule has 1 aromatic carbocycles. The van der Waals surface area contributed by atoms with Crippen molar-refractivity contribution in [1.29, 1.82) is 5.26 Å². The lowest BCUT2D eigenvalue weighted by Gasteiger charge is -2.23. The Morgan fingerprint density at radius 3 is 2.61 bits per heavy atom. The summed E-state index contributed by atoms with van der Waals surface area (Å²) in [6.45, 7) is 3.57. The zero-order valence-corrected chi connectivity index (χ0v) is 15.1. The van der Waals surface area contributed by atoms with E-state index in [0.717, 1.165) is 11.6 Å². The van der Waals surface area contributed by atoms with Crippen molar-refractivity contribution >= 4 is 0 Å². The fourth-order valence-electron chi connectivity index (χ4n) is 3.20. The van der Waals surface area contributed by atoms with E-state index in [9.17, 15) is 23.2 Å². The van der Waals surface area contributed by atoms with Gasteiger partial charge in [-0.1, -0.05) is 30.7 Å². The van der Waals surface area contributed by atoms with E-state index in [2.05, 4.69) is 4.98 Å². The highest BCUT2D eigenvalue weighted by Crippen LogP contribution is 2.35. The lowest BCUT2D eigenvalue weighted by molar-refractivity contribution is -0.137. The average molecular weight is 387 g/mol. The monoisotopic (exact) mass is 387 g/mol. The molecule has 0 aliphatic heterocycles. The van der Waals surface area contributed by atoms with Crippen LogP contribution in [-0.2, 0) is 6.18 Å². The third-order valence-corrected chi connectivity index (χ3v) is 4.46. The largest absolute Gasteiger partial charge is 0.451 e. The first-order chi connectivity index (χ1) is 13.3. The third-order valence-electron chi connectivity index (χ3n) is 4.46. The highest BCUT2D eigenvalue weighted by molar-refractivity contribution is 5.63. The maximum absolute atomic E-state index is 13.6.